The average Bonchev–Trinajstić information content (AvgIpc) is 3.36. The Bertz CT molecular complexity index is 1010. The van der Waals surface area contributed by atoms with Gasteiger partial charge in [-0.3, -0.25) is 9.59 Å². The summed E-state index contributed by atoms with van der Waals surface area (Å²) in [5, 5.41) is 0.796. The number of hydrogen-bond acceptors (Lipinski definition) is 7. The molecule has 9 heteroatoms. The molecule has 0 N–H and O–H groups in total. The molecule has 146 valence electrons. The van der Waals surface area contributed by atoms with Crippen molar-refractivity contribution in [2.45, 2.75) is 13.8 Å². The van der Waals surface area contributed by atoms with Crippen molar-refractivity contribution in [1.29, 1.82) is 0 Å². The first-order valence-electron chi connectivity index (χ1n) is 9.09. The number of ether oxygens (including phenoxy) is 1. The lowest BCUT2D eigenvalue weighted by atomic mass is 10.2. The molecule has 3 aromatic rings. The number of rotatable bonds is 4. The number of aryl methyl sites for hydroxylation is 1. The van der Waals surface area contributed by atoms with Crippen LogP contribution in [0.15, 0.2) is 29.1 Å². The second-order valence-electron chi connectivity index (χ2n) is 6.41. The quantitative estimate of drug-likeness (QED) is 0.669. The number of carbonyl (C=O) groups excluding carboxylic acids is 2. The lowest BCUT2D eigenvalue weighted by Crippen LogP contribution is -2.50. The Hall–Kier alpha value is -2.94. The highest BCUT2D eigenvalue weighted by atomic mass is 32.1. The second-order valence-corrected chi connectivity index (χ2v) is 7.41. The van der Waals surface area contributed by atoms with Crippen LogP contribution in [0.4, 0.5) is 0 Å². The third-order valence-corrected chi connectivity index (χ3v) is 5.94. The number of thiophene rings is 1. The van der Waals surface area contributed by atoms with Gasteiger partial charge in [-0.25, -0.2) is 9.97 Å². The Balaban J connectivity index is 1.51. The summed E-state index contributed by atoms with van der Waals surface area (Å²) in [6, 6.07) is 3.34. The minimum absolute atomic E-state index is 0.0481. The first-order chi connectivity index (χ1) is 13.6. The Morgan fingerprint density at radius 3 is 2.54 bits per heavy atom. The molecule has 28 heavy (non-hydrogen) atoms. The van der Waals surface area contributed by atoms with Crippen LogP contribution in [0.25, 0.3) is 10.2 Å². The van der Waals surface area contributed by atoms with Crippen molar-refractivity contribution in [3.8, 4) is 5.88 Å². The third-order valence-electron chi connectivity index (χ3n) is 4.75. The highest BCUT2D eigenvalue weighted by Gasteiger charge is 2.29. The van der Waals surface area contributed by atoms with E-state index in [1.807, 2.05) is 13.8 Å². The van der Waals surface area contributed by atoms with E-state index in [1.54, 1.807) is 21.9 Å². The average molecular weight is 400 g/mol. The molecule has 2 amide bonds. The minimum Gasteiger partial charge on any atom is -0.477 e. The molecule has 0 saturated carbocycles. The fraction of sp³-hybridized carbons (Fsp3) is 0.368. The van der Waals surface area contributed by atoms with Crippen molar-refractivity contribution >= 4 is 33.4 Å². The largest absolute Gasteiger partial charge is 0.477 e. The Morgan fingerprint density at radius 1 is 1.18 bits per heavy atom. The summed E-state index contributed by atoms with van der Waals surface area (Å²) in [6.07, 6.45) is 2.94. The fourth-order valence-corrected chi connectivity index (χ4v) is 4.41. The maximum Gasteiger partial charge on any atom is 0.289 e. The molecule has 4 rings (SSSR count). The van der Waals surface area contributed by atoms with Gasteiger partial charge in [-0.15, -0.1) is 11.3 Å². The molecule has 0 aromatic carbocycles. The minimum atomic E-state index is -0.147. The molecule has 0 atom stereocenters. The van der Waals surface area contributed by atoms with E-state index in [2.05, 4.69) is 9.97 Å². The number of fused-ring (bicyclic) bond motifs is 1. The standard InChI is InChI=1S/C19H20N4O4S/c1-3-26-16-14-12(2)15(28-17(14)21-11-20-16)19(25)23-8-6-22(7-9-23)18(24)13-5-4-10-27-13/h4-5,10-11H,3,6-9H2,1-2H3. The van der Waals surface area contributed by atoms with Gasteiger partial charge in [0.25, 0.3) is 11.8 Å². The van der Waals surface area contributed by atoms with Gasteiger partial charge in [0.15, 0.2) is 5.76 Å². The number of piperazine rings is 1. The highest BCUT2D eigenvalue weighted by Crippen LogP contribution is 2.35. The fourth-order valence-electron chi connectivity index (χ4n) is 3.30. The van der Waals surface area contributed by atoms with Crippen LogP contribution in [0.3, 0.4) is 0 Å². The molecule has 0 bridgehead atoms. The van der Waals surface area contributed by atoms with Gasteiger partial charge in [0.2, 0.25) is 5.88 Å². The summed E-state index contributed by atoms with van der Waals surface area (Å²) in [4.78, 5) is 38.8. The molecule has 1 saturated heterocycles. The molecular formula is C19H20N4O4S. The Labute approximate surface area is 165 Å². The SMILES string of the molecule is CCOc1ncnc2sc(C(=O)N3CCN(C(=O)c4ccco4)CC3)c(C)c12. The van der Waals surface area contributed by atoms with E-state index < -0.39 is 0 Å². The molecule has 3 aromatic heterocycles. The maximum atomic E-state index is 13.1. The molecule has 0 spiro atoms. The molecule has 0 unspecified atom stereocenters. The van der Waals surface area contributed by atoms with E-state index in [1.165, 1.54) is 23.9 Å². The normalized spacial score (nSPS) is 14.5. The van der Waals surface area contributed by atoms with Crippen LogP contribution in [-0.4, -0.2) is 64.4 Å². The highest BCUT2D eigenvalue weighted by molar-refractivity contribution is 7.20. The van der Waals surface area contributed by atoms with E-state index in [-0.39, 0.29) is 11.8 Å². The summed E-state index contributed by atoms with van der Waals surface area (Å²) in [6.45, 7) is 6.18. The molecule has 0 aliphatic carbocycles. The van der Waals surface area contributed by atoms with Gasteiger partial charge in [0.1, 0.15) is 11.2 Å². The molecular weight excluding hydrogens is 380 g/mol. The van der Waals surface area contributed by atoms with E-state index in [0.29, 0.717) is 49.3 Å². The van der Waals surface area contributed by atoms with Gasteiger partial charge < -0.3 is 19.0 Å². The number of amides is 2. The zero-order chi connectivity index (χ0) is 19.7. The summed E-state index contributed by atoms with van der Waals surface area (Å²) in [5.74, 6) is 0.635. The first kappa shape index (κ1) is 18.4. The zero-order valence-corrected chi connectivity index (χ0v) is 16.5. The van der Waals surface area contributed by atoms with Crippen LogP contribution in [0.5, 0.6) is 5.88 Å². The maximum absolute atomic E-state index is 13.1. The zero-order valence-electron chi connectivity index (χ0n) is 15.7. The van der Waals surface area contributed by atoms with Crippen LogP contribution in [0, 0.1) is 6.92 Å². The van der Waals surface area contributed by atoms with Crippen LogP contribution < -0.4 is 4.74 Å². The van der Waals surface area contributed by atoms with Gasteiger partial charge in [0.05, 0.1) is 23.1 Å². The van der Waals surface area contributed by atoms with Crippen LogP contribution in [0.2, 0.25) is 0 Å². The lowest BCUT2D eigenvalue weighted by Gasteiger charge is -2.34. The number of hydrogen-bond donors (Lipinski definition) is 0. The van der Waals surface area contributed by atoms with Crippen LogP contribution >= 0.6 is 11.3 Å². The van der Waals surface area contributed by atoms with Crippen molar-refractivity contribution in [2.24, 2.45) is 0 Å². The summed E-state index contributed by atoms with van der Waals surface area (Å²) >= 11 is 1.35. The first-order valence-corrected chi connectivity index (χ1v) is 9.90. The molecule has 1 fully saturated rings. The monoisotopic (exact) mass is 400 g/mol. The number of nitrogens with zero attached hydrogens (tertiary/aromatic N) is 4. The van der Waals surface area contributed by atoms with Crippen molar-refractivity contribution in [2.75, 3.05) is 32.8 Å². The number of aromatic nitrogens is 2. The Morgan fingerprint density at radius 2 is 1.89 bits per heavy atom. The van der Waals surface area contributed by atoms with Gasteiger partial charge in [-0.2, -0.15) is 0 Å². The van der Waals surface area contributed by atoms with Crippen LogP contribution in [-0.2, 0) is 0 Å². The van der Waals surface area contributed by atoms with Crippen molar-refractivity contribution in [3.63, 3.8) is 0 Å². The number of furan rings is 1. The van der Waals surface area contributed by atoms with E-state index in [0.717, 1.165) is 15.8 Å². The van der Waals surface area contributed by atoms with Crippen LogP contribution in [0.1, 0.15) is 32.7 Å². The summed E-state index contributed by atoms with van der Waals surface area (Å²) in [5.41, 5.74) is 0.836. The van der Waals surface area contributed by atoms with Gasteiger partial charge in [-0.1, -0.05) is 0 Å². The summed E-state index contributed by atoms with van der Waals surface area (Å²) < 4.78 is 10.8. The van der Waals surface area contributed by atoms with E-state index >= 15 is 0 Å². The molecule has 8 nitrogen and oxygen atoms in total. The second kappa shape index (κ2) is 7.59. The van der Waals surface area contributed by atoms with Gasteiger partial charge >= 0.3 is 0 Å². The van der Waals surface area contributed by atoms with Crippen molar-refractivity contribution in [3.05, 3.63) is 40.9 Å². The number of carbonyl (C=O) groups is 2. The van der Waals surface area contributed by atoms with Crippen molar-refractivity contribution in [1.82, 2.24) is 19.8 Å². The topological polar surface area (TPSA) is 88.8 Å². The van der Waals surface area contributed by atoms with E-state index in [4.69, 9.17) is 9.15 Å². The predicted octanol–water partition coefficient (Wildman–Crippen LogP) is 2.59. The van der Waals surface area contributed by atoms with Crippen molar-refractivity contribution < 1.29 is 18.7 Å². The molecule has 4 heterocycles. The lowest BCUT2D eigenvalue weighted by molar-refractivity contribution is 0.0520. The predicted molar refractivity (Wildman–Crippen MR) is 104 cm³/mol. The van der Waals surface area contributed by atoms with Gasteiger partial charge in [-0.05, 0) is 31.5 Å². The van der Waals surface area contributed by atoms with Gasteiger partial charge in [0, 0.05) is 26.2 Å². The third kappa shape index (κ3) is 3.22. The summed E-state index contributed by atoms with van der Waals surface area (Å²) in [7, 11) is 0. The van der Waals surface area contributed by atoms with E-state index in [9.17, 15) is 9.59 Å². The smallest absolute Gasteiger partial charge is 0.289 e. The molecule has 1 aliphatic heterocycles. The molecule has 1 aliphatic rings. The Kier molecular flexibility index (Phi) is 4.99. The molecule has 0 radical (unpaired) electrons.